The third kappa shape index (κ3) is 4.03. The zero-order valence-electron chi connectivity index (χ0n) is 19.4. The van der Waals surface area contributed by atoms with Crippen molar-refractivity contribution in [2.75, 3.05) is 27.2 Å². The highest BCUT2D eigenvalue weighted by Crippen LogP contribution is 2.37. The fourth-order valence-corrected chi connectivity index (χ4v) is 6.20. The predicted molar refractivity (Wildman–Crippen MR) is 128 cm³/mol. The Kier molecular flexibility index (Phi) is 5.93. The second-order valence-electron chi connectivity index (χ2n) is 10.4. The van der Waals surface area contributed by atoms with E-state index in [4.69, 9.17) is 0 Å². The van der Waals surface area contributed by atoms with Crippen LogP contribution in [0.25, 0.3) is 11.1 Å². The summed E-state index contributed by atoms with van der Waals surface area (Å²) in [6.07, 6.45) is 6.84. The van der Waals surface area contributed by atoms with E-state index in [1.54, 1.807) is 0 Å². The molecule has 1 saturated heterocycles. The Labute approximate surface area is 191 Å². The van der Waals surface area contributed by atoms with E-state index in [1.807, 2.05) is 22.8 Å². The van der Waals surface area contributed by atoms with E-state index < -0.39 is 0 Å². The van der Waals surface area contributed by atoms with Gasteiger partial charge >= 0.3 is 0 Å². The van der Waals surface area contributed by atoms with Crippen molar-refractivity contribution in [3.05, 3.63) is 58.0 Å². The van der Waals surface area contributed by atoms with E-state index in [1.165, 1.54) is 24.8 Å². The van der Waals surface area contributed by atoms with E-state index >= 15 is 0 Å². The Balaban J connectivity index is 1.43. The van der Waals surface area contributed by atoms with Crippen molar-refractivity contribution >= 4 is 5.91 Å². The molecular weight excluding hydrogens is 398 g/mol. The van der Waals surface area contributed by atoms with Gasteiger partial charge in [-0.25, -0.2) is 0 Å². The Morgan fingerprint density at radius 3 is 2.53 bits per heavy atom. The first-order valence-corrected chi connectivity index (χ1v) is 12.3. The number of amides is 1. The smallest absolute Gasteiger partial charge is 0.258 e. The van der Waals surface area contributed by atoms with Gasteiger partial charge in [-0.05, 0) is 62.5 Å². The quantitative estimate of drug-likeness (QED) is 0.729. The minimum atomic E-state index is 0.121. The van der Waals surface area contributed by atoms with E-state index in [0.29, 0.717) is 11.8 Å². The lowest BCUT2D eigenvalue weighted by molar-refractivity contribution is -0.139. The summed E-state index contributed by atoms with van der Waals surface area (Å²) in [6.45, 7) is 3.10. The molecule has 2 aromatic rings. The Morgan fingerprint density at radius 2 is 1.75 bits per heavy atom. The van der Waals surface area contributed by atoms with Gasteiger partial charge < -0.3 is 14.4 Å². The Bertz CT molecular complexity index is 1050. The molecule has 1 aliphatic carbocycles. The number of carbonyl (C=O) groups is 1. The first-order valence-electron chi connectivity index (χ1n) is 12.3. The van der Waals surface area contributed by atoms with Crippen LogP contribution >= 0.6 is 0 Å². The van der Waals surface area contributed by atoms with Gasteiger partial charge in [-0.3, -0.25) is 9.59 Å². The molecule has 0 radical (unpaired) electrons. The van der Waals surface area contributed by atoms with Gasteiger partial charge in [0.25, 0.3) is 5.56 Å². The summed E-state index contributed by atoms with van der Waals surface area (Å²) < 4.78 is 2.02. The molecule has 0 N–H and O–H groups in total. The van der Waals surface area contributed by atoms with Crippen LogP contribution in [0.1, 0.15) is 55.7 Å². The topological polar surface area (TPSA) is 45.6 Å². The van der Waals surface area contributed by atoms with E-state index in [2.05, 4.69) is 42.1 Å². The number of carbonyl (C=O) groups excluding carboxylic acids is 1. The molecule has 1 aromatic heterocycles. The number of hydrogen-bond acceptors (Lipinski definition) is 3. The highest BCUT2D eigenvalue weighted by atomic mass is 16.2. The molecule has 170 valence electrons. The molecule has 2 fully saturated rings. The molecule has 5 heteroatoms. The third-order valence-electron chi connectivity index (χ3n) is 7.66. The number of rotatable bonds is 4. The van der Waals surface area contributed by atoms with Gasteiger partial charge in [0.2, 0.25) is 5.91 Å². The second-order valence-corrected chi connectivity index (χ2v) is 10.4. The molecule has 32 heavy (non-hydrogen) atoms. The summed E-state index contributed by atoms with van der Waals surface area (Å²) in [5.74, 6) is 1.23. The summed E-state index contributed by atoms with van der Waals surface area (Å²) in [6, 6.07) is 12.4. The predicted octanol–water partition coefficient (Wildman–Crippen LogP) is 4.10. The van der Waals surface area contributed by atoms with Gasteiger partial charge in [0.15, 0.2) is 0 Å². The molecule has 3 aliphatic rings. The number of aromatic nitrogens is 1. The van der Waals surface area contributed by atoms with Gasteiger partial charge in [0.05, 0.1) is 0 Å². The maximum Gasteiger partial charge on any atom is 0.258 e. The van der Waals surface area contributed by atoms with Crippen molar-refractivity contribution in [1.29, 1.82) is 0 Å². The van der Waals surface area contributed by atoms with Crippen molar-refractivity contribution in [2.24, 2.45) is 11.8 Å². The van der Waals surface area contributed by atoms with Crippen LogP contribution in [0, 0.1) is 11.8 Å². The summed E-state index contributed by atoms with van der Waals surface area (Å²) in [7, 11) is 4.11. The van der Waals surface area contributed by atoms with Crippen molar-refractivity contribution in [1.82, 2.24) is 14.4 Å². The van der Waals surface area contributed by atoms with Crippen molar-refractivity contribution < 1.29 is 4.79 Å². The van der Waals surface area contributed by atoms with E-state index in [0.717, 1.165) is 62.3 Å². The molecule has 1 saturated carbocycles. The average molecular weight is 434 g/mol. The minimum absolute atomic E-state index is 0.121. The van der Waals surface area contributed by atoms with Crippen molar-refractivity contribution in [2.45, 2.75) is 57.5 Å². The lowest BCUT2D eigenvalue weighted by Gasteiger charge is -2.44. The third-order valence-corrected chi connectivity index (χ3v) is 7.66. The molecular formula is C27H35N3O2. The molecule has 5 nitrogen and oxygen atoms in total. The molecule has 0 spiro atoms. The first kappa shape index (κ1) is 21.4. The SMILES string of the molecule is CN(C)Cc1ccccc1-c1ccc2n(c1=O)CC1CC2CN(C(=O)C2CCCCC2)C1. The van der Waals surface area contributed by atoms with E-state index in [9.17, 15) is 9.59 Å². The number of fused-ring (bicyclic) bond motifs is 4. The Morgan fingerprint density at radius 1 is 0.969 bits per heavy atom. The van der Waals surface area contributed by atoms with Gasteiger partial charge in [0, 0.05) is 49.3 Å². The van der Waals surface area contributed by atoms with Crippen LogP contribution in [0.2, 0.25) is 0 Å². The van der Waals surface area contributed by atoms with Crippen molar-refractivity contribution in [3.63, 3.8) is 0 Å². The number of hydrogen-bond donors (Lipinski definition) is 0. The summed E-state index contributed by atoms with van der Waals surface area (Å²) in [5.41, 5.74) is 4.24. The zero-order chi connectivity index (χ0) is 22.2. The number of benzene rings is 1. The fourth-order valence-electron chi connectivity index (χ4n) is 6.20. The van der Waals surface area contributed by atoms with Crippen LogP contribution in [0.5, 0.6) is 0 Å². The summed E-state index contributed by atoms with van der Waals surface area (Å²) in [4.78, 5) is 31.1. The highest BCUT2D eigenvalue weighted by Gasteiger charge is 2.38. The van der Waals surface area contributed by atoms with Gasteiger partial charge in [-0.15, -0.1) is 0 Å². The molecule has 5 rings (SSSR count). The molecule has 2 unspecified atom stereocenters. The van der Waals surface area contributed by atoms with Crippen LogP contribution in [0.15, 0.2) is 41.2 Å². The molecule has 1 amide bonds. The number of piperidine rings is 1. The van der Waals surface area contributed by atoms with Crippen LogP contribution in [0.3, 0.4) is 0 Å². The largest absolute Gasteiger partial charge is 0.341 e. The Hall–Kier alpha value is -2.40. The average Bonchev–Trinajstić information content (AvgIpc) is 2.80. The molecule has 2 bridgehead atoms. The van der Waals surface area contributed by atoms with Crippen LogP contribution in [0.4, 0.5) is 0 Å². The lowest BCUT2D eigenvalue weighted by Crippen LogP contribution is -2.50. The van der Waals surface area contributed by atoms with Crippen LogP contribution < -0.4 is 5.56 Å². The summed E-state index contributed by atoms with van der Waals surface area (Å²) in [5, 5.41) is 0. The lowest BCUT2D eigenvalue weighted by atomic mass is 9.81. The molecule has 2 atom stereocenters. The molecule has 1 aromatic carbocycles. The number of nitrogens with zero attached hydrogens (tertiary/aromatic N) is 3. The van der Waals surface area contributed by atoms with Crippen molar-refractivity contribution in [3.8, 4) is 11.1 Å². The summed E-state index contributed by atoms with van der Waals surface area (Å²) >= 11 is 0. The van der Waals surface area contributed by atoms with Gasteiger partial charge in [-0.2, -0.15) is 0 Å². The fraction of sp³-hybridized carbons (Fsp3) is 0.556. The van der Waals surface area contributed by atoms with E-state index in [-0.39, 0.29) is 17.4 Å². The number of likely N-dealkylation sites (tertiary alicyclic amines) is 1. The van der Waals surface area contributed by atoms with Crippen LogP contribution in [-0.2, 0) is 17.9 Å². The second kappa shape index (κ2) is 8.86. The highest BCUT2D eigenvalue weighted by molar-refractivity contribution is 5.79. The number of pyridine rings is 1. The molecule has 3 heterocycles. The minimum Gasteiger partial charge on any atom is -0.341 e. The van der Waals surface area contributed by atoms with Gasteiger partial charge in [0.1, 0.15) is 0 Å². The maximum atomic E-state index is 13.6. The maximum absolute atomic E-state index is 13.6. The van der Waals surface area contributed by atoms with Gasteiger partial charge in [-0.1, -0.05) is 43.5 Å². The monoisotopic (exact) mass is 433 g/mol. The van der Waals surface area contributed by atoms with Crippen LogP contribution in [-0.4, -0.2) is 47.5 Å². The first-order chi connectivity index (χ1) is 15.5. The normalized spacial score (nSPS) is 23.3. The molecule has 2 aliphatic heterocycles. The standard InChI is InChI=1S/C27H35N3O2/c1-28(2)17-21-10-6-7-11-23(21)24-12-13-25-22-14-19(16-30(25)27(24)32)15-29(18-22)26(31)20-8-4-3-5-9-20/h6-7,10-13,19-20,22H,3-5,8-9,14-18H2,1-2H3. The zero-order valence-corrected chi connectivity index (χ0v) is 19.4.